The first-order valence-electron chi connectivity index (χ1n) is 18.8. The summed E-state index contributed by atoms with van der Waals surface area (Å²) in [6.07, 6.45) is -1.61. The monoisotopic (exact) mass is 830 g/mol. The summed E-state index contributed by atoms with van der Waals surface area (Å²) in [7, 11) is 1.59. The minimum absolute atomic E-state index is 0.0610. The van der Waals surface area contributed by atoms with Crippen molar-refractivity contribution in [3.63, 3.8) is 0 Å². The van der Waals surface area contributed by atoms with E-state index in [-0.39, 0.29) is 49.2 Å². The maximum atomic E-state index is 17.7. The van der Waals surface area contributed by atoms with Gasteiger partial charge in [0.25, 0.3) is 0 Å². The van der Waals surface area contributed by atoms with Gasteiger partial charge in [-0.15, -0.1) is 0 Å². The molecule has 4 aromatic rings. The lowest BCUT2D eigenvalue weighted by atomic mass is 9.68. The Labute approximate surface area is 326 Å². The first kappa shape index (κ1) is 39.5. The van der Waals surface area contributed by atoms with Crippen LogP contribution in [0.25, 0.3) is 0 Å². The molecule has 1 saturated carbocycles. The van der Waals surface area contributed by atoms with E-state index in [0.29, 0.717) is 67.3 Å². The molecule has 3 heterocycles. The van der Waals surface area contributed by atoms with Gasteiger partial charge < -0.3 is 14.4 Å². The number of halogens is 7. The molecule has 294 valence electrons. The van der Waals surface area contributed by atoms with Crippen LogP contribution in [-0.2, 0) is 23.9 Å². The van der Waals surface area contributed by atoms with Gasteiger partial charge in [0, 0.05) is 61.1 Å². The zero-order chi connectivity index (χ0) is 39.1. The normalized spacial score (nSPS) is 20.9. The van der Waals surface area contributed by atoms with Gasteiger partial charge in [-0.1, -0.05) is 38.1 Å². The lowest BCUT2D eigenvalue weighted by molar-refractivity contribution is -0.137. The number of benzene rings is 2. The zero-order valence-electron chi connectivity index (χ0n) is 31.1. The molecule has 1 unspecified atom stereocenters. The summed E-state index contributed by atoms with van der Waals surface area (Å²) in [6.45, 7) is 5.69. The van der Waals surface area contributed by atoms with Crippen LogP contribution in [0, 0.1) is 5.41 Å². The van der Waals surface area contributed by atoms with E-state index < -0.39 is 35.9 Å². The maximum Gasteiger partial charge on any atom is 0.416 e. The van der Waals surface area contributed by atoms with Crippen molar-refractivity contribution in [2.75, 3.05) is 25.1 Å². The summed E-state index contributed by atoms with van der Waals surface area (Å²) in [5.74, 6) is -2.16. The number of hydrogen-bond donors (Lipinski definition) is 0. The molecule has 3 aliphatic rings. The van der Waals surface area contributed by atoms with Crippen LogP contribution in [0.2, 0.25) is 0 Å². The van der Waals surface area contributed by atoms with Gasteiger partial charge in [0.15, 0.2) is 6.17 Å². The number of fused-ring (bicyclic) bond motifs is 1. The average molecular weight is 832 g/mol. The highest BCUT2D eigenvalue weighted by Crippen LogP contribution is 2.53. The molecule has 2 fully saturated rings. The minimum Gasteiger partial charge on any atom is -0.497 e. The van der Waals surface area contributed by atoms with Crippen LogP contribution in [0.4, 0.5) is 32.3 Å². The Kier molecular flexibility index (Phi) is 11.3. The molecule has 0 bridgehead atoms. The molecular formula is C42H45BrF6N4O2. The second-order valence-electron chi connectivity index (χ2n) is 16.0. The minimum atomic E-state index is -4.59. The number of rotatable bonds is 9. The predicted octanol–water partition coefficient (Wildman–Crippen LogP) is 11.6. The van der Waals surface area contributed by atoms with E-state index >= 15 is 4.39 Å². The Hall–Kier alpha value is -3.71. The number of aromatic nitrogens is 3. The lowest BCUT2D eigenvalue weighted by Gasteiger charge is -2.42. The van der Waals surface area contributed by atoms with E-state index in [1.807, 2.05) is 24.3 Å². The van der Waals surface area contributed by atoms with Crippen molar-refractivity contribution in [2.45, 2.75) is 108 Å². The van der Waals surface area contributed by atoms with Gasteiger partial charge in [-0.25, -0.2) is 23.1 Å². The van der Waals surface area contributed by atoms with E-state index in [9.17, 15) is 22.0 Å². The smallest absolute Gasteiger partial charge is 0.416 e. The second kappa shape index (κ2) is 15.7. The van der Waals surface area contributed by atoms with Crippen molar-refractivity contribution in [1.29, 1.82) is 0 Å². The van der Waals surface area contributed by atoms with Gasteiger partial charge in [0.1, 0.15) is 5.75 Å². The number of methoxy groups -OCH3 is 1. The van der Waals surface area contributed by atoms with Gasteiger partial charge in [-0.2, -0.15) is 13.2 Å². The maximum absolute atomic E-state index is 17.7. The SMILES string of the molecule is COc1ccc(CO[C@H]2CC(C)(C)Cc3nc(C4CCN(c5ncc(Br)cn5)CC4)c(C(F)c4ccc(C(F)(F)F)cc4)c(C4CCC(F)(F)CC4)c32)cc1. The summed E-state index contributed by atoms with van der Waals surface area (Å²) < 4.78 is 101. The predicted molar refractivity (Wildman–Crippen MR) is 201 cm³/mol. The third-order valence-electron chi connectivity index (χ3n) is 11.4. The van der Waals surface area contributed by atoms with Gasteiger partial charge in [-0.3, -0.25) is 4.98 Å². The molecule has 2 aromatic carbocycles. The molecule has 0 radical (unpaired) electrons. The number of pyridine rings is 1. The van der Waals surface area contributed by atoms with Crippen molar-refractivity contribution < 1.29 is 35.8 Å². The van der Waals surface area contributed by atoms with E-state index in [4.69, 9.17) is 14.5 Å². The van der Waals surface area contributed by atoms with Crippen LogP contribution < -0.4 is 9.64 Å². The standard InChI is InChI=1S/C42H45BrF6N4O2/c1-40(2)20-32-35(33(21-40)55-24-25-4-10-31(54-3)11-5-25)34(26-12-16-41(45,46)17-13-26)36(37(44)27-6-8-29(9-7-27)42(47,48)49)38(52-32)28-14-18-53(19-15-28)39-50-22-30(43)23-51-39/h4-11,22-23,26,28,33,37H,12-21,24H2,1-3H3/t33-,37?/m0/s1. The molecule has 0 amide bonds. The Bertz CT molecular complexity index is 1940. The second-order valence-corrected chi connectivity index (χ2v) is 16.9. The van der Waals surface area contributed by atoms with Crippen LogP contribution in [0.15, 0.2) is 65.4 Å². The Morgan fingerprint density at radius 2 is 1.53 bits per heavy atom. The van der Waals surface area contributed by atoms with Gasteiger partial charge in [0.2, 0.25) is 11.9 Å². The fourth-order valence-electron chi connectivity index (χ4n) is 8.56. The molecule has 7 rings (SSSR count). The summed E-state index contributed by atoms with van der Waals surface area (Å²) in [6, 6.07) is 11.7. The number of anilines is 1. The summed E-state index contributed by atoms with van der Waals surface area (Å²) in [5.41, 5.74) is 2.87. The molecule has 1 aliphatic heterocycles. The summed E-state index contributed by atoms with van der Waals surface area (Å²) in [4.78, 5) is 16.3. The van der Waals surface area contributed by atoms with E-state index in [0.717, 1.165) is 33.4 Å². The fraction of sp³-hybridized carbons (Fsp3) is 0.500. The summed E-state index contributed by atoms with van der Waals surface area (Å²) >= 11 is 3.38. The third-order valence-corrected chi connectivity index (χ3v) is 11.8. The highest BCUT2D eigenvalue weighted by molar-refractivity contribution is 9.10. The molecule has 2 aliphatic carbocycles. The van der Waals surface area contributed by atoms with Crippen LogP contribution >= 0.6 is 15.9 Å². The average Bonchev–Trinajstić information content (AvgIpc) is 3.16. The van der Waals surface area contributed by atoms with Crippen molar-refractivity contribution >= 4 is 21.9 Å². The first-order chi connectivity index (χ1) is 26.1. The lowest BCUT2D eigenvalue weighted by Crippen LogP contribution is -2.36. The van der Waals surface area contributed by atoms with E-state index in [1.165, 1.54) is 12.1 Å². The Balaban J connectivity index is 1.36. The molecule has 0 N–H and O–H groups in total. The van der Waals surface area contributed by atoms with Crippen molar-refractivity contribution in [3.05, 3.63) is 110 Å². The number of hydrogen-bond acceptors (Lipinski definition) is 6. The first-order valence-corrected chi connectivity index (χ1v) is 19.6. The van der Waals surface area contributed by atoms with Crippen molar-refractivity contribution in [1.82, 2.24) is 15.0 Å². The molecule has 2 atom stereocenters. The highest BCUT2D eigenvalue weighted by atomic mass is 79.9. The molecule has 1 saturated heterocycles. The zero-order valence-corrected chi connectivity index (χ0v) is 32.7. The Morgan fingerprint density at radius 3 is 2.13 bits per heavy atom. The highest BCUT2D eigenvalue weighted by Gasteiger charge is 2.44. The number of alkyl halides is 6. The number of nitrogens with zero attached hydrogens (tertiary/aromatic N) is 4. The summed E-state index contributed by atoms with van der Waals surface area (Å²) in [5, 5.41) is 0. The van der Waals surface area contributed by atoms with Crippen molar-refractivity contribution in [2.24, 2.45) is 5.41 Å². The fourth-order valence-corrected chi connectivity index (χ4v) is 8.77. The van der Waals surface area contributed by atoms with Gasteiger partial charge >= 0.3 is 6.18 Å². The van der Waals surface area contributed by atoms with Crippen molar-refractivity contribution in [3.8, 4) is 5.75 Å². The quantitative estimate of drug-likeness (QED) is 0.157. The molecule has 0 spiro atoms. The Morgan fingerprint density at radius 1 is 0.891 bits per heavy atom. The van der Waals surface area contributed by atoms with E-state index in [1.54, 1.807) is 19.5 Å². The topological polar surface area (TPSA) is 60.4 Å². The van der Waals surface area contributed by atoms with E-state index in [2.05, 4.69) is 44.6 Å². The number of ether oxygens (including phenoxy) is 2. The molecule has 6 nitrogen and oxygen atoms in total. The molecule has 55 heavy (non-hydrogen) atoms. The third kappa shape index (κ3) is 8.82. The van der Waals surface area contributed by atoms with Crippen LogP contribution in [0.3, 0.4) is 0 Å². The van der Waals surface area contributed by atoms with Crippen LogP contribution in [0.1, 0.15) is 128 Å². The van der Waals surface area contributed by atoms with Crippen LogP contribution in [-0.4, -0.2) is 41.1 Å². The molecule has 2 aromatic heterocycles. The van der Waals surface area contributed by atoms with Crippen LogP contribution in [0.5, 0.6) is 5.75 Å². The largest absolute Gasteiger partial charge is 0.497 e. The van der Waals surface area contributed by atoms with Gasteiger partial charge in [0.05, 0.1) is 35.6 Å². The number of piperidine rings is 1. The molecule has 13 heteroatoms. The van der Waals surface area contributed by atoms with Gasteiger partial charge in [-0.05, 0) is 107 Å². The molecular weight excluding hydrogens is 786 g/mol.